The summed E-state index contributed by atoms with van der Waals surface area (Å²) in [4.78, 5) is 32.7. The van der Waals surface area contributed by atoms with Crippen LogP contribution in [0.15, 0.2) is 59.8 Å². The lowest BCUT2D eigenvalue weighted by Crippen LogP contribution is -2.19. The molecule has 1 amide bonds. The monoisotopic (exact) mass is 317 g/mol. The summed E-state index contributed by atoms with van der Waals surface area (Å²) in [6, 6.07) is 10.5. The van der Waals surface area contributed by atoms with E-state index in [2.05, 4.69) is 25.5 Å². The molecule has 1 aromatic carbocycles. The average molecular weight is 317 g/mol. The van der Waals surface area contributed by atoms with Crippen molar-refractivity contribution in [2.45, 2.75) is 0 Å². The lowest BCUT2D eigenvalue weighted by Gasteiger charge is -2.08. The zero-order chi connectivity index (χ0) is 16.5. The van der Waals surface area contributed by atoms with E-state index in [-0.39, 0.29) is 11.3 Å². The Hall–Kier alpha value is -3.61. The number of carbonyl (C=O) groups is 1. The molecule has 0 saturated carbocycles. The van der Waals surface area contributed by atoms with Crippen molar-refractivity contribution in [3.05, 3.63) is 71.0 Å². The van der Waals surface area contributed by atoms with Gasteiger partial charge in [0.2, 0.25) is 0 Å². The van der Waals surface area contributed by atoms with Gasteiger partial charge in [0.15, 0.2) is 5.69 Å². The zero-order valence-corrected chi connectivity index (χ0v) is 12.4. The number of aromatic amines is 1. The number of hydrogen-bond donors (Lipinski definition) is 2. The number of nitrogens with one attached hydrogen (secondary N) is 2. The van der Waals surface area contributed by atoms with E-state index < -0.39 is 5.91 Å². The maximum Gasteiger partial charge on any atom is 0.277 e. The number of carbonyl (C=O) groups excluding carboxylic acids is 1. The van der Waals surface area contributed by atoms with Crippen LogP contribution in [0.4, 0.5) is 5.82 Å². The molecule has 0 fully saturated rings. The van der Waals surface area contributed by atoms with Gasteiger partial charge in [0.05, 0.1) is 5.39 Å². The average Bonchev–Trinajstić information content (AvgIpc) is 2.62. The topological polar surface area (TPSA) is 101 Å². The maximum atomic E-state index is 12.6. The van der Waals surface area contributed by atoms with E-state index in [0.29, 0.717) is 16.6 Å². The van der Waals surface area contributed by atoms with Gasteiger partial charge >= 0.3 is 0 Å². The standard InChI is InChI=1S/C17H11N5O2/c23-16-12-4-2-1-3-11(12)14(21-22-16)17(24)20-15-13-9-18-7-5-10(13)6-8-19-15/h1-9H,(H,22,23)(H,19,20,24). The van der Waals surface area contributed by atoms with Crippen LogP contribution in [0.25, 0.3) is 21.5 Å². The Labute approximate surface area is 135 Å². The van der Waals surface area contributed by atoms with Crippen LogP contribution in [-0.4, -0.2) is 26.1 Å². The molecule has 0 aliphatic heterocycles. The second-order valence-electron chi connectivity index (χ2n) is 5.16. The van der Waals surface area contributed by atoms with Gasteiger partial charge in [-0.1, -0.05) is 18.2 Å². The number of rotatable bonds is 2. The van der Waals surface area contributed by atoms with Gasteiger partial charge in [-0.2, -0.15) is 5.10 Å². The molecule has 0 aliphatic carbocycles. The highest BCUT2D eigenvalue weighted by molar-refractivity contribution is 6.12. The highest BCUT2D eigenvalue weighted by Gasteiger charge is 2.15. The molecule has 4 rings (SSSR count). The van der Waals surface area contributed by atoms with Gasteiger partial charge in [-0.25, -0.2) is 10.1 Å². The summed E-state index contributed by atoms with van der Waals surface area (Å²) in [6.07, 6.45) is 4.91. The second kappa shape index (κ2) is 5.54. The first-order chi connectivity index (χ1) is 11.7. The molecule has 7 nitrogen and oxygen atoms in total. The predicted octanol–water partition coefficient (Wildman–Crippen LogP) is 2.12. The van der Waals surface area contributed by atoms with E-state index in [4.69, 9.17) is 0 Å². The highest BCUT2D eigenvalue weighted by atomic mass is 16.2. The van der Waals surface area contributed by atoms with Gasteiger partial charge in [0.25, 0.3) is 11.5 Å². The Kier molecular flexibility index (Phi) is 3.24. The molecule has 0 aliphatic rings. The fourth-order valence-corrected chi connectivity index (χ4v) is 2.56. The number of fused-ring (bicyclic) bond motifs is 2. The van der Waals surface area contributed by atoms with E-state index in [0.717, 1.165) is 10.8 Å². The van der Waals surface area contributed by atoms with Crippen LogP contribution in [-0.2, 0) is 0 Å². The van der Waals surface area contributed by atoms with Crippen LogP contribution in [0.2, 0.25) is 0 Å². The Morgan fingerprint density at radius 2 is 1.79 bits per heavy atom. The van der Waals surface area contributed by atoms with Crippen molar-refractivity contribution in [3.63, 3.8) is 0 Å². The summed E-state index contributed by atoms with van der Waals surface area (Å²) in [5.74, 6) is -0.0611. The molecule has 24 heavy (non-hydrogen) atoms. The number of nitrogens with zero attached hydrogens (tertiary/aromatic N) is 3. The van der Waals surface area contributed by atoms with Gasteiger partial charge in [0.1, 0.15) is 5.82 Å². The second-order valence-corrected chi connectivity index (χ2v) is 5.16. The van der Waals surface area contributed by atoms with Crippen LogP contribution in [0.3, 0.4) is 0 Å². The van der Waals surface area contributed by atoms with Gasteiger partial charge < -0.3 is 5.32 Å². The first kappa shape index (κ1) is 14.0. The third-order valence-corrected chi connectivity index (χ3v) is 3.71. The first-order valence-electron chi connectivity index (χ1n) is 7.21. The van der Waals surface area contributed by atoms with Gasteiger partial charge in [0, 0.05) is 29.4 Å². The summed E-state index contributed by atoms with van der Waals surface area (Å²) in [5, 5.41) is 11.5. The summed E-state index contributed by atoms with van der Waals surface area (Å²) < 4.78 is 0. The van der Waals surface area contributed by atoms with Crippen LogP contribution in [0, 0.1) is 0 Å². The smallest absolute Gasteiger partial charge is 0.277 e. The number of amides is 1. The number of pyridine rings is 2. The molecule has 7 heteroatoms. The van der Waals surface area contributed by atoms with Crippen LogP contribution in [0.5, 0.6) is 0 Å². The SMILES string of the molecule is O=C(Nc1nccc2ccncc12)c1n[nH]c(=O)c2ccccc12. The molecule has 3 heterocycles. The number of anilines is 1. The number of hydrogen-bond acceptors (Lipinski definition) is 5. The van der Waals surface area contributed by atoms with Crippen molar-refractivity contribution in [1.29, 1.82) is 0 Å². The molecule has 3 aromatic heterocycles. The number of H-pyrrole nitrogens is 1. The molecular formula is C17H11N5O2. The van der Waals surface area contributed by atoms with Crippen LogP contribution < -0.4 is 10.9 Å². The lowest BCUT2D eigenvalue weighted by atomic mass is 10.1. The summed E-state index contributed by atoms with van der Waals surface area (Å²) >= 11 is 0. The number of aromatic nitrogens is 4. The first-order valence-corrected chi connectivity index (χ1v) is 7.21. The van der Waals surface area contributed by atoms with E-state index in [1.165, 1.54) is 0 Å². The van der Waals surface area contributed by atoms with E-state index >= 15 is 0 Å². The largest absolute Gasteiger partial charge is 0.305 e. The summed E-state index contributed by atoms with van der Waals surface area (Å²) in [6.45, 7) is 0. The molecular weight excluding hydrogens is 306 g/mol. The normalized spacial score (nSPS) is 10.8. The Balaban J connectivity index is 1.80. The molecule has 4 aromatic rings. The lowest BCUT2D eigenvalue weighted by molar-refractivity contribution is 0.102. The van der Waals surface area contributed by atoms with Gasteiger partial charge in [-0.15, -0.1) is 0 Å². The Morgan fingerprint density at radius 3 is 2.67 bits per heavy atom. The third-order valence-electron chi connectivity index (χ3n) is 3.71. The predicted molar refractivity (Wildman–Crippen MR) is 89.9 cm³/mol. The molecule has 0 atom stereocenters. The molecule has 0 radical (unpaired) electrons. The molecule has 0 spiro atoms. The minimum absolute atomic E-state index is 0.132. The van der Waals surface area contributed by atoms with Crippen LogP contribution >= 0.6 is 0 Å². The molecule has 116 valence electrons. The highest BCUT2D eigenvalue weighted by Crippen LogP contribution is 2.20. The zero-order valence-electron chi connectivity index (χ0n) is 12.4. The van der Waals surface area contributed by atoms with Crippen molar-refractivity contribution in [2.75, 3.05) is 5.32 Å². The third kappa shape index (κ3) is 2.28. The molecule has 2 N–H and O–H groups in total. The quantitative estimate of drug-likeness (QED) is 0.590. The minimum atomic E-state index is -0.452. The summed E-state index contributed by atoms with van der Waals surface area (Å²) in [5.41, 5.74) is -0.206. The van der Waals surface area contributed by atoms with Crippen molar-refractivity contribution < 1.29 is 4.79 Å². The van der Waals surface area contributed by atoms with Crippen molar-refractivity contribution in [3.8, 4) is 0 Å². The van der Waals surface area contributed by atoms with Crippen molar-refractivity contribution in [2.24, 2.45) is 0 Å². The Bertz CT molecular complexity index is 1130. The van der Waals surface area contributed by atoms with Gasteiger partial charge in [-0.05, 0) is 23.6 Å². The maximum absolute atomic E-state index is 12.6. The fraction of sp³-hybridized carbons (Fsp3) is 0. The number of benzene rings is 1. The minimum Gasteiger partial charge on any atom is -0.305 e. The summed E-state index contributed by atoms with van der Waals surface area (Å²) in [7, 11) is 0. The van der Waals surface area contributed by atoms with Crippen molar-refractivity contribution >= 4 is 33.3 Å². The van der Waals surface area contributed by atoms with Crippen molar-refractivity contribution in [1.82, 2.24) is 20.2 Å². The van der Waals surface area contributed by atoms with E-state index in [1.807, 2.05) is 12.1 Å². The molecule has 0 saturated heterocycles. The molecule has 0 unspecified atom stereocenters. The fourth-order valence-electron chi connectivity index (χ4n) is 2.56. The van der Waals surface area contributed by atoms with E-state index in [9.17, 15) is 9.59 Å². The molecule has 0 bridgehead atoms. The Morgan fingerprint density at radius 1 is 1.00 bits per heavy atom. The van der Waals surface area contributed by atoms with Gasteiger partial charge in [-0.3, -0.25) is 14.6 Å². The van der Waals surface area contributed by atoms with E-state index in [1.54, 1.807) is 42.9 Å². The van der Waals surface area contributed by atoms with Crippen LogP contribution in [0.1, 0.15) is 10.5 Å².